The van der Waals surface area contributed by atoms with Gasteiger partial charge in [-0.25, -0.2) is 0 Å². The Kier molecular flexibility index (Phi) is 3.98. The van der Waals surface area contributed by atoms with Crippen molar-refractivity contribution in [1.82, 2.24) is 15.3 Å². The second-order valence-corrected chi connectivity index (χ2v) is 9.26. The van der Waals surface area contributed by atoms with Gasteiger partial charge < -0.3 is 15.3 Å². The molecule has 2 unspecified atom stereocenters. The predicted molar refractivity (Wildman–Crippen MR) is 99.3 cm³/mol. The van der Waals surface area contributed by atoms with Gasteiger partial charge in [-0.15, -0.1) is 6.57 Å². The van der Waals surface area contributed by atoms with Crippen LogP contribution in [0.3, 0.4) is 0 Å². The Morgan fingerprint density at radius 1 is 1.22 bits per heavy atom. The van der Waals surface area contributed by atoms with E-state index in [1.165, 1.54) is 0 Å². The van der Waals surface area contributed by atoms with Gasteiger partial charge in [0.15, 0.2) is 0 Å². The Morgan fingerprint density at radius 3 is 2.56 bits per heavy atom. The molecule has 1 aromatic rings. The fourth-order valence-corrected chi connectivity index (χ4v) is 6.57. The molecule has 1 heterocycles. The number of hydrogen-bond acceptors (Lipinski definition) is 4. The Morgan fingerprint density at radius 2 is 1.93 bits per heavy atom. The van der Waals surface area contributed by atoms with Gasteiger partial charge >= 0.3 is 5.95 Å². The monoisotopic (exact) mass is 366 g/mol. The van der Waals surface area contributed by atoms with E-state index in [2.05, 4.69) is 20.1 Å². The molecule has 0 saturated heterocycles. The standard InChI is InChI=1S/C21H26N4O2/c1-22-20-23-11-16(18(25-20)13-4-2-3-5-13)19(26)24-17-14-6-12-7-15(17)10-21(27,8-12)9-14/h11-15,17,27H,2-10H2,(H,24,26). The van der Waals surface area contributed by atoms with Crippen LogP contribution in [0, 0.1) is 24.3 Å². The van der Waals surface area contributed by atoms with E-state index < -0.39 is 5.60 Å². The van der Waals surface area contributed by atoms with Gasteiger partial charge in [-0.05, 0) is 62.7 Å². The maximum atomic E-state index is 13.2. The third-order valence-electron chi connectivity index (χ3n) is 7.43. The molecule has 6 rings (SSSR count). The number of nitrogens with zero attached hydrogens (tertiary/aromatic N) is 3. The molecule has 5 aliphatic carbocycles. The highest BCUT2D eigenvalue weighted by Gasteiger charge is 2.55. The molecule has 2 N–H and O–H groups in total. The van der Waals surface area contributed by atoms with Crippen molar-refractivity contribution in [2.75, 3.05) is 0 Å². The number of hydrogen-bond donors (Lipinski definition) is 2. The van der Waals surface area contributed by atoms with Crippen molar-refractivity contribution in [1.29, 1.82) is 0 Å². The van der Waals surface area contributed by atoms with Crippen LogP contribution in [-0.4, -0.2) is 32.6 Å². The molecule has 2 atom stereocenters. The van der Waals surface area contributed by atoms with Crippen LogP contribution in [0.15, 0.2) is 6.20 Å². The first-order chi connectivity index (χ1) is 13.0. The van der Waals surface area contributed by atoms with Gasteiger partial charge in [0.1, 0.15) is 17.5 Å². The van der Waals surface area contributed by atoms with Crippen molar-refractivity contribution in [3.8, 4) is 0 Å². The zero-order valence-corrected chi connectivity index (χ0v) is 15.5. The minimum Gasteiger partial charge on any atom is -0.394 e. The minimum atomic E-state index is -0.493. The molecule has 27 heavy (non-hydrogen) atoms. The summed E-state index contributed by atoms with van der Waals surface area (Å²) < 4.78 is 0. The summed E-state index contributed by atoms with van der Waals surface area (Å²) in [7, 11) is 0. The summed E-state index contributed by atoms with van der Waals surface area (Å²) in [6.45, 7) is 7.20. The van der Waals surface area contributed by atoms with Gasteiger partial charge in [-0.1, -0.05) is 12.8 Å². The number of nitrogens with one attached hydrogen (secondary N) is 1. The van der Waals surface area contributed by atoms with Crippen LogP contribution in [0.5, 0.6) is 0 Å². The highest BCUT2D eigenvalue weighted by Crippen LogP contribution is 2.55. The molecule has 0 radical (unpaired) electrons. The maximum Gasteiger partial charge on any atom is 0.371 e. The molecule has 0 aliphatic heterocycles. The molecule has 1 aromatic heterocycles. The first kappa shape index (κ1) is 17.1. The van der Waals surface area contributed by atoms with Crippen LogP contribution < -0.4 is 5.32 Å². The largest absolute Gasteiger partial charge is 0.394 e. The van der Waals surface area contributed by atoms with Gasteiger partial charge in [-0.3, -0.25) is 4.79 Å². The fraction of sp³-hybridized carbons (Fsp3) is 0.714. The van der Waals surface area contributed by atoms with Crippen molar-refractivity contribution >= 4 is 11.9 Å². The van der Waals surface area contributed by atoms with Crippen LogP contribution in [-0.2, 0) is 0 Å². The summed E-state index contributed by atoms with van der Waals surface area (Å²) in [4.78, 5) is 25.0. The maximum absolute atomic E-state index is 13.2. The third-order valence-corrected chi connectivity index (χ3v) is 7.43. The predicted octanol–water partition coefficient (Wildman–Crippen LogP) is 3.35. The van der Waals surface area contributed by atoms with Gasteiger partial charge in [0.05, 0.1) is 5.60 Å². The van der Waals surface area contributed by atoms with Crippen LogP contribution in [0.1, 0.15) is 79.8 Å². The number of aromatic nitrogens is 2. The Labute approximate surface area is 159 Å². The molecule has 1 amide bonds. The molecule has 5 aliphatic rings. The zero-order valence-electron chi connectivity index (χ0n) is 15.5. The van der Waals surface area contributed by atoms with E-state index in [-0.39, 0.29) is 23.8 Å². The molecule has 6 heteroatoms. The van der Waals surface area contributed by atoms with E-state index in [4.69, 9.17) is 6.57 Å². The molecule has 5 saturated carbocycles. The normalized spacial score (nSPS) is 37.3. The molecular formula is C21H26N4O2. The lowest BCUT2D eigenvalue weighted by atomic mass is 9.52. The minimum absolute atomic E-state index is 0.0992. The van der Waals surface area contributed by atoms with Gasteiger partial charge in [0.2, 0.25) is 0 Å². The van der Waals surface area contributed by atoms with Crippen molar-refractivity contribution in [3.05, 3.63) is 28.9 Å². The molecule has 142 valence electrons. The van der Waals surface area contributed by atoms with Gasteiger partial charge in [0, 0.05) is 12.0 Å². The first-order valence-corrected chi connectivity index (χ1v) is 10.3. The average molecular weight is 366 g/mol. The second-order valence-electron chi connectivity index (χ2n) is 9.26. The van der Waals surface area contributed by atoms with Crippen molar-refractivity contribution in [3.63, 3.8) is 0 Å². The van der Waals surface area contributed by atoms with Crippen molar-refractivity contribution in [2.45, 2.75) is 75.3 Å². The quantitative estimate of drug-likeness (QED) is 0.804. The third kappa shape index (κ3) is 2.93. The number of carbonyl (C=O) groups excluding carboxylic acids is 1. The zero-order chi connectivity index (χ0) is 18.6. The topological polar surface area (TPSA) is 79.5 Å². The van der Waals surface area contributed by atoms with E-state index in [1.54, 1.807) is 6.20 Å². The molecule has 0 aromatic carbocycles. The summed E-state index contributed by atoms with van der Waals surface area (Å²) in [5.41, 5.74) is 0.808. The Bertz CT molecular complexity index is 795. The van der Waals surface area contributed by atoms with Crippen molar-refractivity contribution in [2.24, 2.45) is 17.8 Å². The number of rotatable bonds is 3. The number of amides is 1. The second kappa shape index (κ2) is 6.27. The Hall–Kier alpha value is -2.00. The molecule has 6 nitrogen and oxygen atoms in total. The number of carbonyl (C=O) groups is 1. The van der Waals surface area contributed by atoms with Crippen LogP contribution in [0.4, 0.5) is 5.95 Å². The average Bonchev–Trinajstić information content (AvgIpc) is 3.17. The fourth-order valence-electron chi connectivity index (χ4n) is 6.57. The van der Waals surface area contributed by atoms with Crippen LogP contribution >= 0.6 is 0 Å². The van der Waals surface area contributed by atoms with E-state index >= 15 is 0 Å². The molecule has 4 bridgehead atoms. The van der Waals surface area contributed by atoms with E-state index in [1.807, 2.05) is 0 Å². The van der Waals surface area contributed by atoms with Crippen LogP contribution in [0.2, 0.25) is 0 Å². The summed E-state index contributed by atoms with van der Waals surface area (Å²) in [6, 6.07) is 0.145. The van der Waals surface area contributed by atoms with E-state index in [0.29, 0.717) is 23.3 Å². The van der Waals surface area contributed by atoms with E-state index in [0.717, 1.165) is 63.5 Å². The van der Waals surface area contributed by atoms with Gasteiger partial charge in [-0.2, -0.15) is 9.97 Å². The SMILES string of the molecule is [C-]#[N+]c1ncc(C(=O)NC2C3CC4CC2CC(O)(C4)C3)c(C2CCCC2)n1. The number of aliphatic hydroxyl groups is 1. The lowest BCUT2D eigenvalue weighted by molar-refractivity contribution is -0.136. The van der Waals surface area contributed by atoms with Gasteiger partial charge in [0.25, 0.3) is 5.91 Å². The molecule has 0 spiro atoms. The smallest absolute Gasteiger partial charge is 0.371 e. The van der Waals surface area contributed by atoms with E-state index in [9.17, 15) is 9.90 Å². The summed E-state index contributed by atoms with van der Waals surface area (Å²) in [5, 5.41) is 14.0. The van der Waals surface area contributed by atoms with Crippen molar-refractivity contribution < 1.29 is 9.90 Å². The summed E-state index contributed by atoms with van der Waals surface area (Å²) in [6.07, 6.45) is 10.7. The molecular weight excluding hydrogens is 340 g/mol. The highest BCUT2D eigenvalue weighted by molar-refractivity contribution is 5.95. The summed E-state index contributed by atoms with van der Waals surface area (Å²) >= 11 is 0. The lowest BCUT2D eigenvalue weighted by Gasteiger charge is -2.58. The lowest BCUT2D eigenvalue weighted by Crippen LogP contribution is -2.61. The van der Waals surface area contributed by atoms with Crippen LogP contribution in [0.25, 0.3) is 4.85 Å². The summed E-state index contributed by atoms with van der Waals surface area (Å²) in [5.74, 6) is 1.67. The molecule has 5 fully saturated rings. The first-order valence-electron chi connectivity index (χ1n) is 10.3. The Balaban J connectivity index is 1.39. The highest BCUT2D eigenvalue weighted by atomic mass is 16.3.